The molecule has 8 heteroatoms. The van der Waals surface area contributed by atoms with Gasteiger partial charge in [0.05, 0.1) is 23.4 Å². The zero-order chi connectivity index (χ0) is 18.9. The third-order valence-electron chi connectivity index (χ3n) is 3.14. The molecule has 2 rings (SSSR count). The molecule has 1 aromatic carbocycles. The molecule has 0 aliphatic heterocycles. The van der Waals surface area contributed by atoms with E-state index in [0.29, 0.717) is 11.4 Å². The van der Waals surface area contributed by atoms with Gasteiger partial charge < -0.3 is 15.4 Å². The predicted octanol–water partition coefficient (Wildman–Crippen LogP) is 3.45. The van der Waals surface area contributed by atoms with E-state index in [4.69, 9.17) is 16.3 Å². The molecule has 2 aromatic rings. The summed E-state index contributed by atoms with van der Waals surface area (Å²) in [7, 11) is 1.22. The van der Waals surface area contributed by atoms with E-state index in [0.717, 1.165) is 0 Å². The zero-order valence-corrected chi connectivity index (χ0v) is 14.4. The smallest absolute Gasteiger partial charge is 0.355 e. The highest BCUT2D eigenvalue weighted by molar-refractivity contribution is 6.31. The molecule has 0 atom stereocenters. The number of aromatic nitrogens is 1. The fourth-order valence-corrected chi connectivity index (χ4v) is 2.03. The largest absolute Gasteiger partial charge is 0.464 e. The van der Waals surface area contributed by atoms with Gasteiger partial charge in [-0.05, 0) is 30.3 Å². The number of anilines is 1. The summed E-state index contributed by atoms with van der Waals surface area (Å²) in [4.78, 5) is 16.0. The second-order valence-electron chi connectivity index (χ2n) is 4.85. The first-order valence-corrected chi connectivity index (χ1v) is 7.71. The van der Waals surface area contributed by atoms with Gasteiger partial charge in [0.25, 0.3) is 0 Å². The Hall–Kier alpha value is -3.37. The van der Waals surface area contributed by atoms with Gasteiger partial charge in [0, 0.05) is 24.3 Å². The molecular weight excluding hydrogens is 359 g/mol. The van der Waals surface area contributed by atoms with Crippen molar-refractivity contribution in [2.24, 2.45) is 0 Å². The molecule has 1 aromatic heterocycles. The molecule has 0 aliphatic carbocycles. The van der Waals surface area contributed by atoms with E-state index in [2.05, 4.69) is 15.6 Å². The van der Waals surface area contributed by atoms with Crippen molar-refractivity contribution in [3.05, 3.63) is 77.2 Å². The number of ether oxygens (including phenoxy) is 1. The van der Waals surface area contributed by atoms with Crippen LogP contribution < -0.4 is 10.6 Å². The number of nitrogens with zero attached hydrogens (tertiary/aromatic N) is 2. The van der Waals surface area contributed by atoms with Gasteiger partial charge in [0.1, 0.15) is 17.6 Å². The Labute approximate surface area is 154 Å². The zero-order valence-electron chi connectivity index (χ0n) is 13.7. The first-order chi connectivity index (χ1) is 12.5. The van der Waals surface area contributed by atoms with Crippen molar-refractivity contribution in [3.8, 4) is 6.07 Å². The van der Waals surface area contributed by atoms with E-state index in [-0.39, 0.29) is 16.3 Å². The van der Waals surface area contributed by atoms with Crippen molar-refractivity contribution in [2.75, 3.05) is 12.4 Å². The third-order valence-corrected chi connectivity index (χ3v) is 3.43. The second-order valence-corrected chi connectivity index (χ2v) is 5.26. The molecule has 0 spiro atoms. The monoisotopic (exact) mass is 372 g/mol. The summed E-state index contributed by atoms with van der Waals surface area (Å²) >= 11 is 5.71. The summed E-state index contributed by atoms with van der Waals surface area (Å²) in [5, 5.41) is 14.7. The Morgan fingerprint density at radius 3 is 2.77 bits per heavy atom. The minimum Gasteiger partial charge on any atom is -0.464 e. The number of hydrogen-bond donors (Lipinski definition) is 2. The molecule has 0 bridgehead atoms. The van der Waals surface area contributed by atoms with Crippen LogP contribution in [0, 0.1) is 17.1 Å². The van der Waals surface area contributed by atoms with Gasteiger partial charge >= 0.3 is 5.97 Å². The van der Waals surface area contributed by atoms with Gasteiger partial charge in [-0.1, -0.05) is 17.7 Å². The third kappa shape index (κ3) is 5.06. The average Bonchev–Trinajstić information content (AvgIpc) is 2.67. The molecule has 0 saturated heterocycles. The molecule has 1 heterocycles. The first kappa shape index (κ1) is 19.0. The standard InChI is InChI=1S/C18H14ClFN4O2/c1-26-18(25)17(11-23-13-5-6-15(20)14(19)8-13)24-10-12(9-21)16-4-2-3-7-22-16/h2-8,10-11,23-24H,1H3/b12-10-,17-11-. The summed E-state index contributed by atoms with van der Waals surface area (Å²) in [6.45, 7) is 0. The molecule has 0 amide bonds. The van der Waals surface area contributed by atoms with Gasteiger partial charge in [0.15, 0.2) is 0 Å². The number of nitrogens with one attached hydrogen (secondary N) is 2. The Balaban J connectivity index is 2.21. The second kappa shape index (κ2) is 9.20. The van der Waals surface area contributed by atoms with Crippen LogP contribution in [0.1, 0.15) is 5.69 Å². The van der Waals surface area contributed by atoms with Crippen LogP contribution in [0.2, 0.25) is 5.02 Å². The summed E-state index contributed by atoms with van der Waals surface area (Å²) in [6, 6.07) is 11.1. The van der Waals surface area contributed by atoms with Gasteiger partial charge in [-0.15, -0.1) is 0 Å². The highest BCUT2D eigenvalue weighted by Gasteiger charge is 2.10. The maximum Gasteiger partial charge on any atom is 0.355 e. The number of halogens is 2. The quantitative estimate of drug-likeness (QED) is 0.459. The summed E-state index contributed by atoms with van der Waals surface area (Å²) in [5.41, 5.74) is 1.17. The number of benzene rings is 1. The number of carbonyl (C=O) groups excluding carboxylic acids is 1. The maximum absolute atomic E-state index is 13.2. The Kier molecular flexibility index (Phi) is 6.71. The minimum atomic E-state index is -0.666. The van der Waals surface area contributed by atoms with Crippen molar-refractivity contribution in [3.63, 3.8) is 0 Å². The Bertz CT molecular complexity index is 892. The van der Waals surface area contributed by atoms with Crippen LogP contribution in [0.15, 0.2) is 60.7 Å². The molecule has 132 valence electrons. The minimum absolute atomic E-state index is 0.0247. The lowest BCUT2D eigenvalue weighted by molar-refractivity contribution is -0.136. The number of carbonyl (C=O) groups is 1. The topological polar surface area (TPSA) is 87.0 Å². The fourth-order valence-electron chi connectivity index (χ4n) is 1.85. The van der Waals surface area contributed by atoms with Crippen LogP contribution in [-0.2, 0) is 9.53 Å². The van der Waals surface area contributed by atoms with Crippen molar-refractivity contribution >= 4 is 28.8 Å². The van der Waals surface area contributed by atoms with Crippen LogP contribution in [0.3, 0.4) is 0 Å². The highest BCUT2D eigenvalue weighted by Crippen LogP contribution is 2.19. The number of nitriles is 1. The average molecular weight is 373 g/mol. The summed E-state index contributed by atoms with van der Waals surface area (Å²) in [5.74, 6) is -1.22. The lowest BCUT2D eigenvalue weighted by Gasteiger charge is -2.08. The van der Waals surface area contributed by atoms with E-state index in [9.17, 15) is 14.4 Å². The maximum atomic E-state index is 13.2. The van der Waals surface area contributed by atoms with Gasteiger partial charge in [0.2, 0.25) is 0 Å². The Morgan fingerprint density at radius 1 is 1.35 bits per heavy atom. The summed E-state index contributed by atoms with van der Waals surface area (Å²) in [6.07, 6.45) is 4.21. The van der Waals surface area contributed by atoms with Crippen molar-refractivity contribution in [2.45, 2.75) is 0 Å². The van der Waals surface area contributed by atoms with Crippen molar-refractivity contribution in [1.82, 2.24) is 10.3 Å². The molecule has 0 saturated carbocycles. The SMILES string of the molecule is COC(=O)/C(=C/Nc1ccc(F)c(Cl)c1)N/C=C(/C#N)c1ccccn1. The van der Waals surface area contributed by atoms with Crippen LogP contribution in [0.5, 0.6) is 0 Å². The van der Waals surface area contributed by atoms with E-state index < -0.39 is 11.8 Å². The van der Waals surface area contributed by atoms with E-state index >= 15 is 0 Å². The van der Waals surface area contributed by atoms with Crippen molar-refractivity contribution in [1.29, 1.82) is 5.26 Å². The van der Waals surface area contributed by atoms with Crippen LogP contribution in [-0.4, -0.2) is 18.1 Å². The van der Waals surface area contributed by atoms with Gasteiger partial charge in [-0.2, -0.15) is 5.26 Å². The number of hydrogen-bond acceptors (Lipinski definition) is 6. The van der Waals surface area contributed by atoms with E-state index in [1.165, 1.54) is 37.7 Å². The number of esters is 1. The Morgan fingerprint density at radius 2 is 2.15 bits per heavy atom. The molecule has 0 unspecified atom stereocenters. The van der Waals surface area contributed by atoms with Gasteiger partial charge in [-0.25, -0.2) is 9.18 Å². The van der Waals surface area contributed by atoms with Crippen LogP contribution in [0.25, 0.3) is 5.57 Å². The first-order valence-electron chi connectivity index (χ1n) is 7.33. The van der Waals surface area contributed by atoms with Crippen LogP contribution in [0.4, 0.5) is 10.1 Å². The normalized spacial score (nSPS) is 11.5. The lowest BCUT2D eigenvalue weighted by Crippen LogP contribution is -2.18. The highest BCUT2D eigenvalue weighted by atomic mass is 35.5. The number of methoxy groups -OCH3 is 1. The summed E-state index contributed by atoms with van der Waals surface area (Å²) < 4.78 is 17.9. The van der Waals surface area contributed by atoms with Crippen molar-refractivity contribution < 1.29 is 13.9 Å². The molecule has 6 nitrogen and oxygen atoms in total. The predicted molar refractivity (Wildman–Crippen MR) is 96.1 cm³/mol. The lowest BCUT2D eigenvalue weighted by atomic mass is 10.2. The molecular formula is C18H14ClFN4O2. The molecule has 26 heavy (non-hydrogen) atoms. The molecule has 0 fully saturated rings. The number of allylic oxidation sites excluding steroid dienone is 1. The fraction of sp³-hybridized carbons (Fsp3) is 0.0556. The van der Waals surface area contributed by atoms with Crippen LogP contribution >= 0.6 is 11.6 Å². The molecule has 0 aliphatic rings. The number of rotatable bonds is 6. The molecule has 2 N–H and O–H groups in total. The van der Waals surface area contributed by atoms with E-state index in [1.54, 1.807) is 24.4 Å². The number of pyridine rings is 1. The van der Waals surface area contributed by atoms with Gasteiger partial charge in [-0.3, -0.25) is 4.98 Å². The van der Waals surface area contributed by atoms with E-state index in [1.807, 2.05) is 6.07 Å². The molecule has 0 radical (unpaired) electrons.